The van der Waals surface area contributed by atoms with Crippen molar-refractivity contribution in [3.8, 4) is 5.75 Å². The van der Waals surface area contributed by atoms with Crippen molar-refractivity contribution in [2.45, 2.75) is 58.2 Å². The van der Waals surface area contributed by atoms with Crippen molar-refractivity contribution in [1.29, 1.82) is 0 Å². The van der Waals surface area contributed by atoms with Crippen LogP contribution in [0.1, 0.15) is 44.4 Å². The summed E-state index contributed by atoms with van der Waals surface area (Å²) in [5.74, 6) is 0.967. The van der Waals surface area contributed by atoms with E-state index in [-0.39, 0.29) is 30.5 Å². The Morgan fingerprint density at radius 2 is 2.07 bits per heavy atom. The maximum Gasteiger partial charge on any atom is 0.227 e. The van der Waals surface area contributed by atoms with Gasteiger partial charge in [0.2, 0.25) is 5.91 Å². The fourth-order valence-corrected chi connectivity index (χ4v) is 3.68. The van der Waals surface area contributed by atoms with E-state index in [0.717, 1.165) is 49.4 Å². The molecule has 1 aliphatic heterocycles. The summed E-state index contributed by atoms with van der Waals surface area (Å²) in [6, 6.07) is 14.0. The molecule has 2 heterocycles. The van der Waals surface area contributed by atoms with E-state index in [1.54, 1.807) is 6.20 Å². The number of halogens is 1. The molecule has 1 aromatic carbocycles. The minimum atomic E-state index is 0. The van der Waals surface area contributed by atoms with Crippen LogP contribution in [0.5, 0.6) is 5.75 Å². The van der Waals surface area contributed by atoms with Crippen LogP contribution < -0.4 is 10.1 Å². The second-order valence-electron chi connectivity index (χ2n) is 7.67. The molecule has 0 radical (unpaired) electrons. The van der Waals surface area contributed by atoms with E-state index < -0.39 is 0 Å². The van der Waals surface area contributed by atoms with Crippen LogP contribution in [0, 0.1) is 0 Å². The summed E-state index contributed by atoms with van der Waals surface area (Å²) in [7, 11) is 0. The van der Waals surface area contributed by atoms with Gasteiger partial charge in [0, 0.05) is 12.2 Å². The van der Waals surface area contributed by atoms with E-state index in [4.69, 9.17) is 4.74 Å². The van der Waals surface area contributed by atoms with E-state index in [0.29, 0.717) is 13.0 Å². The molecule has 1 unspecified atom stereocenters. The second-order valence-corrected chi connectivity index (χ2v) is 7.67. The summed E-state index contributed by atoms with van der Waals surface area (Å²) in [5.41, 5.74) is 1.92. The highest BCUT2D eigenvalue weighted by Gasteiger charge is 2.25. The zero-order valence-electron chi connectivity index (χ0n) is 17.3. The van der Waals surface area contributed by atoms with Crippen molar-refractivity contribution in [1.82, 2.24) is 15.2 Å². The molecule has 1 aromatic heterocycles. The molecule has 0 aliphatic carbocycles. The van der Waals surface area contributed by atoms with E-state index in [1.165, 1.54) is 0 Å². The van der Waals surface area contributed by atoms with Gasteiger partial charge in [-0.2, -0.15) is 0 Å². The molecule has 1 saturated heterocycles. The fraction of sp³-hybridized carbons (Fsp3) is 0.478. The van der Waals surface area contributed by atoms with E-state index in [1.807, 2.05) is 61.2 Å². The minimum absolute atomic E-state index is 0. The molecule has 1 N–H and O–H groups in total. The van der Waals surface area contributed by atoms with Crippen molar-refractivity contribution >= 4 is 18.3 Å². The zero-order valence-corrected chi connectivity index (χ0v) is 18.2. The monoisotopic (exact) mass is 417 g/mol. The highest BCUT2D eigenvalue weighted by atomic mass is 35.5. The maximum atomic E-state index is 13.3. The number of hydrogen-bond acceptors (Lipinski definition) is 4. The Balaban J connectivity index is 0.00000300. The lowest BCUT2D eigenvalue weighted by atomic mass is 10.0. The number of carbonyl (C=O) groups is 1. The van der Waals surface area contributed by atoms with Gasteiger partial charge in [-0.05, 0) is 76.0 Å². The quantitative estimate of drug-likeness (QED) is 0.739. The van der Waals surface area contributed by atoms with Gasteiger partial charge < -0.3 is 15.0 Å². The van der Waals surface area contributed by atoms with Crippen LogP contribution in [0.4, 0.5) is 0 Å². The molecular weight excluding hydrogens is 386 g/mol. The number of benzene rings is 1. The molecule has 29 heavy (non-hydrogen) atoms. The first kappa shape index (κ1) is 23.2. The lowest BCUT2D eigenvalue weighted by Crippen LogP contribution is -2.41. The summed E-state index contributed by atoms with van der Waals surface area (Å²) < 4.78 is 5.78. The molecular formula is C23H32ClN3O2. The molecule has 5 nitrogen and oxygen atoms in total. The van der Waals surface area contributed by atoms with Crippen LogP contribution in [0.3, 0.4) is 0 Å². The zero-order chi connectivity index (χ0) is 19.8. The Bertz CT molecular complexity index is 747. The summed E-state index contributed by atoms with van der Waals surface area (Å²) in [6.07, 6.45) is 5.39. The smallest absolute Gasteiger partial charge is 0.227 e. The minimum Gasteiger partial charge on any atom is -0.491 e. The number of pyridine rings is 1. The molecule has 1 amide bonds. The summed E-state index contributed by atoms with van der Waals surface area (Å²) in [5, 5.41) is 3.44. The average molecular weight is 418 g/mol. The number of carbonyl (C=O) groups excluding carboxylic acids is 1. The normalized spacial score (nSPS) is 16.6. The molecule has 1 atom stereocenters. The van der Waals surface area contributed by atoms with Gasteiger partial charge in [0.1, 0.15) is 5.75 Å². The summed E-state index contributed by atoms with van der Waals surface area (Å²) in [6.45, 7) is 6.55. The molecule has 0 bridgehead atoms. The number of rotatable bonds is 7. The van der Waals surface area contributed by atoms with Crippen LogP contribution >= 0.6 is 12.4 Å². The summed E-state index contributed by atoms with van der Waals surface area (Å²) >= 11 is 0. The number of nitrogens with one attached hydrogen (secondary N) is 1. The number of nitrogens with zero attached hydrogens (tertiary/aromatic N) is 2. The predicted octanol–water partition coefficient (Wildman–Crippen LogP) is 4.00. The third-order valence-corrected chi connectivity index (χ3v) is 4.99. The number of ether oxygens (including phenoxy) is 1. The number of amides is 1. The molecule has 1 fully saturated rings. The second kappa shape index (κ2) is 11.8. The Morgan fingerprint density at radius 3 is 2.83 bits per heavy atom. The Labute approximate surface area is 180 Å². The molecule has 1 aliphatic rings. The largest absolute Gasteiger partial charge is 0.491 e. The summed E-state index contributed by atoms with van der Waals surface area (Å²) in [4.78, 5) is 19.8. The molecule has 3 rings (SSSR count). The Hall–Kier alpha value is -2.11. The SMILES string of the molecule is CC(C)Oc1cccc(CC(=O)N(Cc2ccccn2)C2CCCNCC2)c1.Cl. The van der Waals surface area contributed by atoms with Crippen LogP contribution in [0.2, 0.25) is 0 Å². The van der Waals surface area contributed by atoms with Gasteiger partial charge in [0.05, 0.1) is 24.8 Å². The molecule has 158 valence electrons. The topological polar surface area (TPSA) is 54.5 Å². The van der Waals surface area contributed by atoms with Gasteiger partial charge in [-0.15, -0.1) is 12.4 Å². The third-order valence-electron chi connectivity index (χ3n) is 4.99. The van der Waals surface area contributed by atoms with E-state index in [2.05, 4.69) is 10.3 Å². The van der Waals surface area contributed by atoms with Crippen molar-refractivity contribution < 1.29 is 9.53 Å². The fourth-order valence-electron chi connectivity index (χ4n) is 3.68. The van der Waals surface area contributed by atoms with Gasteiger partial charge in [-0.1, -0.05) is 18.2 Å². The predicted molar refractivity (Wildman–Crippen MR) is 118 cm³/mol. The number of aromatic nitrogens is 1. The Morgan fingerprint density at radius 1 is 1.21 bits per heavy atom. The highest BCUT2D eigenvalue weighted by Crippen LogP contribution is 2.20. The molecule has 2 aromatic rings. The van der Waals surface area contributed by atoms with E-state index in [9.17, 15) is 4.79 Å². The first-order chi connectivity index (χ1) is 13.6. The van der Waals surface area contributed by atoms with Gasteiger partial charge in [-0.3, -0.25) is 9.78 Å². The number of hydrogen-bond donors (Lipinski definition) is 1. The first-order valence-corrected chi connectivity index (χ1v) is 10.3. The van der Waals surface area contributed by atoms with Crippen LogP contribution in [-0.2, 0) is 17.8 Å². The standard InChI is InChI=1S/C23H31N3O2.ClH/c1-18(2)28-22-10-5-7-19(15-22)16-23(27)26(17-20-8-3-4-13-25-20)21-9-6-12-24-14-11-21;/h3-5,7-8,10,13,15,18,21,24H,6,9,11-12,14,16-17H2,1-2H3;1H. The third kappa shape index (κ3) is 7.33. The Kier molecular flexibility index (Phi) is 9.42. The van der Waals surface area contributed by atoms with Gasteiger partial charge in [0.25, 0.3) is 0 Å². The lowest BCUT2D eigenvalue weighted by molar-refractivity contribution is -0.133. The van der Waals surface area contributed by atoms with Crippen molar-refractivity contribution in [3.63, 3.8) is 0 Å². The van der Waals surface area contributed by atoms with Crippen LogP contribution in [-0.4, -0.2) is 41.0 Å². The molecule has 0 spiro atoms. The first-order valence-electron chi connectivity index (χ1n) is 10.3. The highest BCUT2D eigenvalue weighted by molar-refractivity contribution is 5.85. The van der Waals surface area contributed by atoms with Gasteiger partial charge >= 0.3 is 0 Å². The maximum absolute atomic E-state index is 13.3. The van der Waals surface area contributed by atoms with Crippen molar-refractivity contribution in [2.75, 3.05) is 13.1 Å². The van der Waals surface area contributed by atoms with Gasteiger partial charge in [0.15, 0.2) is 0 Å². The van der Waals surface area contributed by atoms with E-state index >= 15 is 0 Å². The van der Waals surface area contributed by atoms with Crippen molar-refractivity contribution in [3.05, 3.63) is 59.9 Å². The van der Waals surface area contributed by atoms with Gasteiger partial charge in [-0.25, -0.2) is 0 Å². The van der Waals surface area contributed by atoms with Crippen molar-refractivity contribution in [2.24, 2.45) is 0 Å². The lowest BCUT2D eigenvalue weighted by Gasteiger charge is -2.31. The molecule has 0 saturated carbocycles. The average Bonchev–Trinajstić information content (AvgIpc) is 2.96. The van der Waals surface area contributed by atoms with Crippen LogP contribution in [0.15, 0.2) is 48.7 Å². The van der Waals surface area contributed by atoms with Crippen LogP contribution in [0.25, 0.3) is 0 Å². The molecule has 6 heteroatoms.